The molecule has 5 heterocycles. The van der Waals surface area contributed by atoms with Crippen molar-refractivity contribution in [3.8, 4) is 6.07 Å². The molecule has 186 valence electrons. The van der Waals surface area contributed by atoms with Crippen LogP contribution in [0.5, 0.6) is 0 Å². The predicted octanol–water partition coefficient (Wildman–Crippen LogP) is 2.56. The Hall–Kier alpha value is -3.25. The average Bonchev–Trinajstić information content (AvgIpc) is 2.92. The van der Waals surface area contributed by atoms with E-state index in [9.17, 15) is 5.26 Å². The lowest BCUT2D eigenvalue weighted by Crippen LogP contribution is -2.54. The van der Waals surface area contributed by atoms with Gasteiger partial charge < -0.3 is 19.9 Å². The molecule has 0 spiro atoms. The van der Waals surface area contributed by atoms with E-state index >= 15 is 0 Å². The molecule has 3 aliphatic heterocycles. The molecular weight excluding hydrogens is 450 g/mol. The minimum atomic E-state index is 0.136. The topological polar surface area (TPSA) is 80.6 Å². The lowest BCUT2D eigenvalue weighted by Gasteiger charge is -2.42. The highest BCUT2D eigenvalue weighted by Gasteiger charge is 2.30. The summed E-state index contributed by atoms with van der Waals surface area (Å²) >= 11 is 0. The number of anilines is 2. The van der Waals surface area contributed by atoms with Gasteiger partial charge in [-0.1, -0.05) is 0 Å². The fourth-order valence-corrected chi connectivity index (χ4v) is 5.96. The van der Waals surface area contributed by atoms with Gasteiger partial charge in [-0.25, -0.2) is 4.98 Å². The van der Waals surface area contributed by atoms with Gasteiger partial charge in [0.05, 0.1) is 23.3 Å². The van der Waals surface area contributed by atoms with Gasteiger partial charge in [-0.15, -0.1) is 0 Å². The molecule has 2 atom stereocenters. The second kappa shape index (κ2) is 10.0. The summed E-state index contributed by atoms with van der Waals surface area (Å²) in [6.45, 7) is 10.7. The zero-order valence-electron chi connectivity index (χ0n) is 20.9. The number of nitrogens with zero attached hydrogens (tertiary/aromatic N) is 6. The quantitative estimate of drug-likeness (QED) is 0.607. The van der Waals surface area contributed by atoms with Crippen LogP contribution in [0.4, 0.5) is 11.5 Å². The Morgan fingerprint density at radius 1 is 1.06 bits per heavy atom. The second-order valence-corrected chi connectivity index (χ2v) is 10.1. The normalized spacial score (nSPS) is 22.9. The molecule has 8 nitrogen and oxygen atoms in total. The largest absolute Gasteiger partial charge is 0.370 e. The number of nitrogens with one attached hydrogen (secondary N) is 1. The standard InChI is InChI=1S/C28H33N7O/c1-20-17-35(26-5-4-21(15-29)27-25(26)3-2-8-31-27)19-23(36-20)18-33-11-13-34(14-12-33)28-24-7-9-30-16-22(24)6-10-32-28/h2-6,8,10,20,23,30H,7,9,11-14,16-19H2,1H3/t20-,23+/m1/s1. The van der Waals surface area contributed by atoms with Gasteiger partial charge in [-0.05, 0) is 55.8 Å². The lowest BCUT2D eigenvalue weighted by molar-refractivity contribution is -0.0327. The number of rotatable bonds is 4. The van der Waals surface area contributed by atoms with Crippen molar-refractivity contribution < 1.29 is 4.74 Å². The van der Waals surface area contributed by atoms with Crippen molar-refractivity contribution in [1.82, 2.24) is 20.2 Å². The van der Waals surface area contributed by atoms with Crippen molar-refractivity contribution in [3.63, 3.8) is 0 Å². The van der Waals surface area contributed by atoms with Crippen LogP contribution in [0.25, 0.3) is 10.9 Å². The third kappa shape index (κ3) is 4.50. The monoisotopic (exact) mass is 483 g/mol. The van der Waals surface area contributed by atoms with E-state index < -0.39 is 0 Å². The number of hydrogen-bond donors (Lipinski definition) is 1. The highest BCUT2D eigenvalue weighted by atomic mass is 16.5. The SMILES string of the molecule is C[C@@H]1CN(c2ccc(C#N)c3ncccc23)C[C@H](CN2CCN(c3nccc4c3CCNC4)CC2)O1. The Morgan fingerprint density at radius 2 is 1.94 bits per heavy atom. The van der Waals surface area contributed by atoms with Gasteiger partial charge in [0, 0.05) is 81.4 Å². The Bertz CT molecular complexity index is 1280. The number of pyridine rings is 2. The lowest BCUT2D eigenvalue weighted by atomic mass is 10.0. The van der Waals surface area contributed by atoms with E-state index in [1.54, 1.807) is 6.20 Å². The van der Waals surface area contributed by atoms with Gasteiger partial charge in [0.15, 0.2) is 0 Å². The zero-order chi connectivity index (χ0) is 24.5. The van der Waals surface area contributed by atoms with E-state index in [-0.39, 0.29) is 12.2 Å². The first-order chi connectivity index (χ1) is 17.7. The summed E-state index contributed by atoms with van der Waals surface area (Å²) in [4.78, 5) is 16.7. The minimum absolute atomic E-state index is 0.136. The first-order valence-electron chi connectivity index (χ1n) is 13.0. The molecule has 0 radical (unpaired) electrons. The third-order valence-corrected chi connectivity index (χ3v) is 7.67. The molecule has 1 N–H and O–H groups in total. The van der Waals surface area contributed by atoms with Crippen molar-refractivity contribution in [2.75, 3.05) is 62.2 Å². The number of fused-ring (bicyclic) bond motifs is 2. The molecule has 0 saturated carbocycles. The molecule has 0 amide bonds. The predicted molar refractivity (Wildman–Crippen MR) is 141 cm³/mol. The average molecular weight is 484 g/mol. The Morgan fingerprint density at radius 3 is 2.81 bits per heavy atom. The van der Waals surface area contributed by atoms with Crippen LogP contribution in [0.2, 0.25) is 0 Å². The number of aromatic nitrogens is 2. The molecule has 36 heavy (non-hydrogen) atoms. The van der Waals surface area contributed by atoms with Gasteiger partial charge in [0.25, 0.3) is 0 Å². The van der Waals surface area contributed by atoms with E-state index in [0.717, 1.165) is 81.9 Å². The maximum atomic E-state index is 9.51. The number of hydrogen-bond acceptors (Lipinski definition) is 8. The minimum Gasteiger partial charge on any atom is -0.370 e. The summed E-state index contributed by atoms with van der Waals surface area (Å²) in [7, 11) is 0. The molecule has 2 saturated heterocycles. The number of ether oxygens (including phenoxy) is 1. The number of benzene rings is 1. The number of nitriles is 1. The summed E-state index contributed by atoms with van der Waals surface area (Å²) in [6.07, 6.45) is 5.05. The van der Waals surface area contributed by atoms with Crippen LogP contribution in [0, 0.1) is 11.3 Å². The Labute approximate surface area is 212 Å². The first-order valence-corrected chi connectivity index (χ1v) is 13.0. The molecule has 6 rings (SSSR count). The van der Waals surface area contributed by atoms with Crippen molar-refractivity contribution in [1.29, 1.82) is 5.26 Å². The summed E-state index contributed by atoms with van der Waals surface area (Å²) in [5, 5.41) is 14.0. The molecule has 2 aromatic heterocycles. The van der Waals surface area contributed by atoms with E-state index in [2.05, 4.69) is 56.2 Å². The highest BCUT2D eigenvalue weighted by molar-refractivity contribution is 5.95. The van der Waals surface area contributed by atoms with Crippen LogP contribution < -0.4 is 15.1 Å². The maximum Gasteiger partial charge on any atom is 0.132 e. The zero-order valence-corrected chi connectivity index (χ0v) is 20.9. The Balaban J connectivity index is 1.13. The first kappa shape index (κ1) is 23.2. The second-order valence-electron chi connectivity index (χ2n) is 10.1. The van der Waals surface area contributed by atoms with E-state index in [1.165, 1.54) is 16.9 Å². The summed E-state index contributed by atoms with van der Waals surface area (Å²) in [5.41, 5.74) is 5.35. The van der Waals surface area contributed by atoms with Gasteiger partial charge in [-0.2, -0.15) is 5.26 Å². The molecule has 3 aromatic rings. The van der Waals surface area contributed by atoms with Gasteiger partial charge >= 0.3 is 0 Å². The van der Waals surface area contributed by atoms with Crippen LogP contribution in [0.3, 0.4) is 0 Å². The fraction of sp³-hybridized carbons (Fsp3) is 0.464. The molecular formula is C28H33N7O. The van der Waals surface area contributed by atoms with Gasteiger partial charge in [-0.3, -0.25) is 9.88 Å². The maximum absolute atomic E-state index is 9.51. The summed E-state index contributed by atoms with van der Waals surface area (Å²) in [5.74, 6) is 1.18. The van der Waals surface area contributed by atoms with E-state index in [0.29, 0.717) is 5.56 Å². The smallest absolute Gasteiger partial charge is 0.132 e. The van der Waals surface area contributed by atoms with Crippen molar-refractivity contribution in [2.24, 2.45) is 0 Å². The summed E-state index contributed by atoms with van der Waals surface area (Å²) < 4.78 is 6.40. The van der Waals surface area contributed by atoms with Gasteiger partial charge in [0.2, 0.25) is 0 Å². The Kier molecular flexibility index (Phi) is 6.45. The molecule has 3 aliphatic rings. The molecule has 1 aromatic carbocycles. The van der Waals surface area contributed by atoms with Crippen molar-refractivity contribution >= 4 is 22.4 Å². The van der Waals surface area contributed by atoms with Crippen LogP contribution in [0.1, 0.15) is 23.6 Å². The third-order valence-electron chi connectivity index (χ3n) is 7.67. The van der Waals surface area contributed by atoms with Crippen LogP contribution >= 0.6 is 0 Å². The molecule has 8 heteroatoms. The number of morpholine rings is 1. The molecule has 0 unspecified atom stereocenters. The molecule has 0 aliphatic carbocycles. The summed E-state index contributed by atoms with van der Waals surface area (Å²) in [6, 6.07) is 12.4. The molecule has 2 fully saturated rings. The van der Waals surface area contributed by atoms with Crippen LogP contribution in [0.15, 0.2) is 42.7 Å². The number of piperazine rings is 1. The molecule has 0 bridgehead atoms. The van der Waals surface area contributed by atoms with Crippen LogP contribution in [-0.4, -0.2) is 79.4 Å². The fourth-order valence-electron chi connectivity index (χ4n) is 5.96. The van der Waals surface area contributed by atoms with Crippen molar-refractivity contribution in [2.45, 2.75) is 32.1 Å². The highest BCUT2D eigenvalue weighted by Crippen LogP contribution is 2.31. The van der Waals surface area contributed by atoms with E-state index in [1.807, 2.05) is 18.3 Å². The van der Waals surface area contributed by atoms with Crippen LogP contribution in [-0.2, 0) is 17.7 Å². The van der Waals surface area contributed by atoms with Gasteiger partial charge in [0.1, 0.15) is 11.9 Å². The van der Waals surface area contributed by atoms with E-state index in [4.69, 9.17) is 9.72 Å². The van der Waals surface area contributed by atoms with Crippen molar-refractivity contribution in [3.05, 3.63) is 59.4 Å².